The fourth-order valence-electron chi connectivity index (χ4n) is 12.7. The molecule has 0 aliphatic carbocycles. The van der Waals surface area contributed by atoms with Crippen molar-refractivity contribution >= 4 is 39.5 Å². The van der Waals surface area contributed by atoms with Gasteiger partial charge in [0, 0.05) is 25.7 Å². The van der Waals surface area contributed by atoms with Gasteiger partial charge in [0.05, 0.1) is 26.4 Å². The summed E-state index contributed by atoms with van der Waals surface area (Å²) in [5.41, 5.74) is 0. The fraction of sp³-hybridized carbons (Fsp3) is 0.951. The molecule has 0 aliphatic heterocycles. The third-order valence-corrected chi connectivity index (χ3v) is 21.5. The molecule has 101 heavy (non-hydrogen) atoms. The molecule has 0 fully saturated rings. The maximum Gasteiger partial charge on any atom is 0.472 e. The molecule has 0 spiro atoms. The van der Waals surface area contributed by atoms with E-state index in [2.05, 4.69) is 41.5 Å². The number of phosphoric acid groups is 2. The fourth-order valence-corrected chi connectivity index (χ4v) is 14.3. The molecular formula is C82H160O17P2. The highest BCUT2D eigenvalue weighted by Crippen LogP contribution is 2.45. The van der Waals surface area contributed by atoms with Crippen LogP contribution in [0.1, 0.15) is 433 Å². The smallest absolute Gasteiger partial charge is 0.462 e. The second-order valence-electron chi connectivity index (χ2n) is 30.2. The number of carbonyl (C=O) groups is 4. The molecule has 0 rings (SSSR count). The maximum absolute atomic E-state index is 13.1. The van der Waals surface area contributed by atoms with Crippen molar-refractivity contribution in [3.05, 3.63) is 0 Å². The summed E-state index contributed by atoms with van der Waals surface area (Å²) in [7, 11) is -9.92. The normalized spacial score (nSPS) is 14.2. The number of aliphatic hydroxyl groups is 1. The highest BCUT2D eigenvalue weighted by molar-refractivity contribution is 7.47. The van der Waals surface area contributed by atoms with Crippen molar-refractivity contribution in [2.24, 2.45) is 11.8 Å². The highest BCUT2D eigenvalue weighted by Gasteiger charge is 2.30. The van der Waals surface area contributed by atoms with Crippen LogP contribution in [0.2, 0.25) is 0 Å². The molecule has 0 amide bonds. The van der Waals surface area contributed by atoms with E-state index < -0.39 is 97.5 Å². The van der Waals surface area contributed by atoms with E-state index >= 15 is 0 Å². The molecule has 6 atom stereocenters. The average Bonchev–Trinajstić information content (AvgIpc) is 0.934. The summed E-state index contributed by atoms with van der Waals surface area (Å²) in [4.78, 5) is 73.1. The number of ether oxygens (including phenoxy) is 4. The molecular weight excluding hydrogens is 1320 g/mol. The predicted octanol–water partition coefficient (Wildman–Crippen LogP) is 24.7. The Kier molecular flexibility index (Phi) is 72.2. The van der Waals surface area contributed by atoms with E-state index in [1.165, 1.54) is 244 Å². The largest absolute Gasteiger partial charge is 0.472 e. The van der Waals surface area contributed by atoms with Crippen LogP contribution in [-0.2, 0) is 65.4 Å². The zero-order valence-corrected chi connectivity index (χ0v) is 68.0. The zero-order valence-electron chi connectivity index (χ0n) is 66.2. The van der Waals surface area contributed by atoms with Crippen molar-refractivity contribution in [3.8, 4) is 0 Å². The van der Waals surface area contributed by atoms with E-state index in [0.29, 0.717) is 25.7 Å². The molecule has 600 valence electrons. The molecule has 19 heteroatoms. The van der Waals surface area contributed by atoms with Crippen molar-refractivity contribution < 1.29 is 80.2 Å². The number of esters is 4. The van der Waals surface area contributed by atoms with E-state index in [9.17, 15) is 43.2 Å². The minimum atomic E-state index is -4.96. The van der Waals surface area contributed by atoms with Crippen molar-refractivity contribution in [2.45, 2.75) is 452 Å². The average molecular weight is 1480 g/mol. The second kappa shape index (κ2) is 73.6. The van der Waals surface area contributed by atoms with Crippen molar-refractivity contribution in [2.75, 3.05) is 39.6 Å². The van der Waals surface area contributed by atoms with Crippen LogP contribution >= 0.6 is 15.6 Å². The van der Waals surface area contributed by atoms with Gasteiger partial charge in [-0.2, -0.15) is 0 Å². The lowest BCUT2D eigenvalue weighted by atomic mass is 10.00. The molecule has 0 bridgehead atoms. The van der Waals surface area contributed by atoms with Crippen LogP contribution in [0, 0.1) is 11.8 Å². The molecule has 17 nitrogen and oxygen atoms in total. The van der Waals surface area contributed by atoms with E-state index in [4.69, 9.17) is 37.0 Å². The number of phosphoric ester groups is 2. The Labute approximate surface area is 619 Å². The Balaban J connectivity index is 5.23. The van der Waals surface area contributed by atoms with Gasteiger partial charge in [-0.3, -0.25) is 37.3 Å². The summed E-state index contributed by atoms with van der Waals surface area (Å²) in [5.74, 6) is -0.613. The summed E-state index contributed by atoms with van der Waals surface area (Å²) in [5, 5.41) is 10.6. The number of unbranched alkanes of at least 4 members (excludes halogenated alkanes) is 50. The van der Waals surface area contributed by atoms with E-state index in [-0.39, 0.29) is 25.7 Å². The van der Waals surface area contributed by atoms with Gasteiger partial charge in [-0.25, -0.2) is 9.13 Å². The first-order valence-corrected chi connectivity index (χ1v) is 45.5. The van der Waals surface area contributed by atoms with Gasteiger partial charge in [-0.05, 0) is 37.5 Å². The number of carbonyl (C=O) groups excluding carboxylic acids is 4. The SMILES string of the molecule is CCCCCCCCCCCCCCCCCCCCCCC(=O)O[C@H](COC(=O)CCCCCCCCCCCCCCCCCCC)COP(=O)(O)OC[C@@H](O)COP(=O)(O)OC[C@@H](COC(=O)CCCCCCCCC(C)CC)OC(=O)CCCCCCCCCCCCCC(C)C. The summed E-state index contributed by atoms with van der Waals surface area (Å²) < 4.78 is 68.7. The van der Waals surface area contributed by atoms with Gasteiger partial charge in [-0.15, -0.1) is 0 Å². The maximum atomic E-state index is 13.1. The Morgan fingerprint density at radius 2 is 0.505 bits per heavy atom. The first-order valence-electron chi connectivity index (χ1n) is 42.5. The van der Waals surface area contributed by atoms with Gasteiger partial charge < -0.3 is 33.8 Å². The molecule has 0 heterocycles. The van der Waals surface area contributed by atoms with Crippen LogP contribution in [-0.4, -0.2) is 96.7 Å². The molecule has 0 aromatic carbocycles. The van der Waals surface area contributed by atoms with Crippen LogP contribution < -0.4 is 0 Å². The lowest BCUT2D eigenvalue weighted by Gasteiger charge is -2.21. The number of hydrogen-bond acceptors (Lipinski definition) is 15. The minimum Gasteiger partial charge on any atom is -0.462 e. The Morgan fingerprint density at radius 1 is 0.287 bits per heavy atom. The molecule has 3 unspecified atom stereocenters. The number of hydrogen-bond donors (Lipinski definition) is 3. The van der Waals surface area contributed by atoms with Crippen molar-refractivity contribution in [3.63, 3.8) is 0 Å². The first-order chi connectivity index (χ1) is 48.9. The molecule has 0 aromatic rings. The molecule has 0 saturated heterocycles. The Bertz CT molecular complexity index is 1940. The van der Waals surface area contributed by atoms with E-state index in [0.717, 1.165) is 108 Å². The molecule has 0 aliphatic rings. The lowest BCUT2D eigenvalue weighted by Crippen LogP contribution is -2.30. The Hall–Kier alpha value is -1.94. The zero-order chi connectivity index (χ0) is 74.2. The van der Waals surface area contributed by atoms with Crippen LogP contribution in [0.25, 0.3) is 0 Å². The third-order valence-electron chi connectivity index (χ3n) is 19.6. The van der Waals surface area contributed by atoms with Crippen molar-refractivity contribution in [1.29, 1.82) is 0 Å². The standard InChI is InChI=1S/C82H160O17P2/c1-7-10-12-14-16-18-20-22-24-26-27-28-30-32-34-38-42-46-54-60-66-81(86)98-77(70-92-79(84)64-58-52-45-41-37-33-31-29-25-23-21-19-17-15-13-11-8-2)72-96-100(88,89)94-68-76(83)69-95-101(90,91)97-73-78(71-93-80(85)65-59-53-49-48-51-57-63-75(6)9-3)99-82(87)67-61-55-47-43-39-35-36-40-44-50-56-62-74(4)5/h74-78,83H,7-73H2,1-6H3,(H,88,89)(H,90,91)/t75?,76-,77-,78-/m1/s1. The topological polar surface area (TPSA) is 237 Å². The van der Waals surface area contributed by atoms with Crippen LogP contribution in [0.4, 0.5) is 0 Å². The molecule has 3 N–H and O–H groups in total. The van der Waals surface area contributed by atoms with Gasteiger partial charge >= 0.3 is 39.5 Å². The lowest BCUT2D eigenvalue weighted by molar-refractivity contribution is -0.161. The highest BCUT2D eigenvalue weighted by atomic mass is 31.2. The van der Waals surface area contributed by atoms with Crippen LogP contribution in [0.3, 0.4) is 0 Å². The second-order valence-corrected chi connectivity index (χ2v) is 33.1. The monoisotopic (exact) mass is 1480 g/mol. The summed E-state index contributed by atoms with van der Waals surface area (Å²) >= 11 is 0. The summed E-state index contributed by atoms with van der Waals surface area (Å²) in [6.45, 7) is 9.60. The van der Waals surface area contributed by atoms with Gasteiger partial charge in [0.2, 0.25) is 0 Å². The molecule has 0 saturated carbocycles. The van der Waals surface area contributed by atoms with Crippen LogP contribution in [0.5, 0.6) is 0 Å². The minimum absolute atomic E-state index is 0.106. The third kappa shape index (κ3) is 74.7. The first kappa shape index (κ1) is 99.1. The van der Waals surface area contributed by atoms with Crippen LogP contribution in [0.15, 0.2) is 0 Å². The quantitative estimate of drug-likeness (QED) is 0.0222. The predicted molar refractivity (Wildman–Crippen MR) is 414 cm³/mol. The van der Waals surface area contributed by atoms with Crippen molar-refractivity contribution in [1.82, 2.24) is 0 Å². The number of rotatable bonds is 81. The summed E-state index contributed by atoms with van der Waals surface area (Å²) in [6, 6.07) is 0. The van der Waals surface area contributed by atoms with E-state index in [1.807, 2.05) is 0 Å². The summed E-state index contributed by atoms with van der Waals surface area (Å²) in [6.07, 6.45) is 63.9. The van der Waals surface area contributed by atoms with Gasteiger partial charge in [-0.1, -0.05) is 382 Å². The van der Waals surface area contributed by atoms with E-state index in [1.54, 1.807) is 0 Å². The van der Waals surface area contributed by atoms with Gasteiger partial charge in [0.15, 0.2) is 12.2 Å². The molecule has 0 radical (unpaired) electrons. The van der Waals surface area contributed by atoms with Gasteiger partial charge in [0.25, 0.3) is 0 Å². The molecule has 0 aromatic heterocycles. The Morgan fingerprint density at radius 3 is 0.752 bits per heavy atom. The number of aliphatic hydroxyl groups excluding tert-OH is 1. The van der Waals surface area contributed by atoms with Gasteiger partial charge in [0.1, 0.15) is 19.3 Å².